The van der Waals surface area contributed by atoms with Crippen LogP contribution in [0.2, 0.25) is 15.1 Å². The summed E-state index contributed by atoms with van der Waals surface area (Å²) in [5.74, 6) is 0. The third kappa shape index (κ3) is 3.60. The Bertz CT molecular complexity index is 621. The van der Waals surface area contributed by atoms with Crippen molar-refractivity contribution < 1.29 is 5.11 Å². The number of aliphatic hydroxyl groups is 1. The van der Waals surface area contributed by atoms with Crippen LogP contribution in [0.3, 0.4) is 0 Å². The number of benzene rings is 2. The quantitative estimate of drug-likeness (QED) is 0.711. The SMILES string of the molecule is OCC(Nc1ccc(Cl)c(Br)c1)c1cccc(Cl)c1Cl. The van der Waals surface area contributed by atoms with E-state index in [0.717, 1.165) is 15.7 Å². The minimum absolute atomic E-state index is 0.111. The lowest BCUT2D eigenvalue weighted by molar-refractivity contribution is 0.276. The van der Waals surface area contributed by atoms with Crippen molar-refractivity contribution in [3.8, 4) is 0 Å². The summed E-state index contributed by atoms with van der Waals surface area (Å²) in [4.78, 5) is 0. The van der Waals surface area contributed by atoms with Crippen molar-refractivity contribution in [2.75, 3.05) is 11.9 Å². The van der Waals surface area contributed by atoms with Gasteiger partial charge in [0.15, 0.2) is 0 Å². The first-order valence-electron chi connectivity index (χ1n) is 5.79. The van der Waals surface area contributed by atoms with Crippen molar-refractivity contribution >= 4 is 56.4 Å². The zero-order chi connectivity index (χ0) is 14.7. The Balaban J connectivity index is 2.28. The molecule has 2 rings (SSSR count). The zero-order valence-corrected chi connectivity index (χ0v) is 14.1. The molecular formula is C14H11BrCl3NO. The summed E-state index contributed by atoms with van der Waals surface area (Å²) < 4.78 is 0.776. The van der Waals surface area contributed by atoms with Gasteiger partial charge in [-0.2, -0.15) is 0 Å². The lowest BCUT2D eigenvalue weighted by Crippen LogP contribution is -2.15. The predicted octanol–water partition coefficient (Wildman–Crippen LogP) is 5.55. The van der Waals surface area contributed by atoms with Gasteiger partial charge >= 0.3 is 0 Å². The van der Waals surface area contributed by atoms with Crippen LogP contribution in [0.25, 0.3) is 0 Å². The van der Waals surface area contributed by atoms with Crippen LogP contribution in [0.1, 0.15) is 11.6 Å². The summed E-state index contributed by atoms with van der Waals surface area (Å²) in [7, 11) is 0. The molecule has 20 heavy (non-hydrogen) atoms. The van der Waals surface area contributed by atoms with Gasteiger partial charge in [-0.05, 0) is 45.8 Å². The molecule has 2 aromatic rings. The molecule has 0 bridgehead atoms. The van der Waals surface area contributed by atoms with E-state index in [1.165, 1.54) is 0 Å². The zero-order valence-electron chi connectivity index (χ0n) is 10.2. The third-order valence-corrected chi connectivity index (χ3v) is 4.85. The molecule has 1 atom stereocenters. The lowest BCUT2D eigenvalue weighted by atomic mass is 10.1. The normalized spacial score (nSPS) is 12.2. The van der Waals surface area contributed by atoms with Crippen LogP contribution in [0.5, 0.6) is 0 Å². The standard InChI is InChI=1S/C14H11BrCl3NO/c15-10-6-8(4-5-11(10)16)19-13(7-20)9-2-1-3-12(17)14(9)18/h1-6,13,19-20H,7H2. The van der Waals surface area contributed by atoms with Crippen molar-refractivity contribution in [3.63, 3.8) is 0 Å². The van der Waals surface area contributed by atoms with Gasteiger partial charge in [-0.1, -0.05) is 46.9 Å². The molecule has 1 unspecified atom stereocenters. The molecule has 0 saturated heterocycles. The topological polar surface area (TPSA) is 32.3 Å². The number of rotatable bonds is 4. The first-order chi connectivity index (χ1) is 9.52. The van der Waals surface area contributed by atoms with E-state index in [-0.39, 0.29) is 12.6 Å². The van der Waals surface area contributed by atoms with E-state index in [0.29, 0.717) is 15.1 Å². The van der Waals surface area contributed by atoms with Gasteiger partial charge in [0.1, 0.15) is 0 Å². The van der Waals surface area contributed by atoms with Gasteiger partial charge in [-0.3, -0.25) is 0 Å². The van der Waals surface area contributed by atoms with Gasteiger partial charge in [0.05, 0.1) is 27.7 Å². The average molecular weight is 396 g/mol. The van der Waals surface area contributed by atoms with E-state index in [1.807, 2.05) is 18.2 Å². The summed E-state index contributed by atoms with van der Waals surface area (Å²) in [6, 6.07) is 10.4. The van der Waals surface area contributed by atoms with Crippen molar-refractivity contribution in [2.45, 2.75) is 6.04 Å². The number of hydrogen-bond acceptors (Lipinski definition) is 2. The molecule has 0 aliphatic heterocycles. The highest BCUT2D eigenvalue weighted by molar-refractivity contribution is 9.10. The number of nitrogens with one attached hydrogen (secondary N) is 1. The molecule has 0 fully saturated rings. The van der Waals surface area contributed by atoms with E-state index in [2.05, 4.69) is 21.2 Å². The molecule has 106 valence electrons. The summed E-state index contributed by atoms with van der Waals surface area (Å²) in [6.07, 6.45) is 0. The van der Waals surface area contributed by atoms with Crippen LogP contribution in [0.15, 0.2) is 40.9 Å². The van der Waals surface area contributed by atoms with E-state index in [9.17, 15) is 5.11 Å². The second kappa shape index (κ2) is 7.01. The maximum Gasteiger partial charge on any atom is 0.0759 e. The Kier molecular flexibility index (Phi) is 5.58. The molecule has 2 nitrogen and oxygen atoms in total. The maximum absolute atomic E-state index is 9.58. The van der Waals surface area contributed by atoms with Crippen LogP contribution < -0.4 is 5.32 Å². The highest BCUT2D eigenvalue weighted by Crippen LogP contribution is 2.33. The summed E-state index contributed by atoms with van der Waals surface area (Å²) in [5.41, 5.74) is 1.56. The number of halogens is 4. The van der Waals surface area contributed by atoms with E-state index in [4.69, 9.17) is 34.8 Å². The lowest BCUT2D eigenvalue weighted by Gasteiger charge is -2.20. The second-order valence-electron chi connectivity index (χ2n) is 4.15. The van der Waals surface area contributed by atoms with Crippen molar-refractivity contribution in [1.29, 1.82) is 0 Å². The van der Waals surface area contributed by atoms with E-state index >= 15 is 0 Å². The maximum atomic E-state index is 9.58. The van der Waals surface area contributed by atoms with Crippen molar-refractivity contribution in [2.24, 2.45) is 0 Å². The molecule has 0 aliphatic carbocycles. The molecule has 0 heterocycles. The number of aliphatic hydroxyl groups excluding tert-OH is 1. The van der Waals surface area contributed by atoms with Crippen LogP contribution >= 0.6 is 50.7 Å². The molecule has 0 amide bonds. The van der Waals surface area contributed by atoms with Crippen LogP contribution in [-0.2, 0) is 0 Å². The smallest absolute Gasteiger partial charge is 0.0759 e. The van der Waals surface area contributed by atoms with Gasteiger partial charge < -0.3 is 10.4 Å². The van der Waals surface area contributed by atoms with Gasteiger partial charge in [-0.15, -0.1) is 0 Å². The summed E-state index contributed by atoms with van der Waals surface area (Å²) >= 11 is 21.5. The number of hydrogen-bond donors (Lipinski definition) is 2. The van der Waals surface area contributed by atoms with Gasteiger partial charge in [0.2, 0.25) is 0 Å². The Hall–Kier alpha value is -0.450. The minimum Gasteiger partial charge on any atom is -0.394 e. The monoisotopic (exact) mass is 393 g/mol. The molecule has 0 aromatic heterocycles. The molecule has 0 radical (unpaired) electrons. The largest absolute Gasteiger partial charge is 0.394 e. The fraction of sp³-hybridized carbons (Fsp3) is 0.143. The first kappa shape index (κ1) is 15.9. The Morgan fingerprint density at radius 3 is 2.50 bits per heavy atom. The Labute approximate surface area is 140 Å². The van der Waals surface area contributed by atoms with Crippen molar-refractivity contribution in [3.05, 3.63) is 61.5 Å². The highest BCUT2D eigenvalue weighted by atomic mass is 79.9. The van der Waals surface area contributed by atoms with Crippen LogP contribution in [-0.4, -0.2) is 11.7 Å². The Morgan fingerprint density at radius 2 is 1.85 bits per heavy atom. The van der Waals surface area contributed by atoms with E-state index < -0.39 is 0 Å². The van der Waals surface area contributed by atoms with Crippen LogP contribution in [0.4, 0.5) is 5.69 Å². The van der Waals surface area contributed by atoms with E-state index in [1.54, 1.807) is 18.2 Å². The third-order valence-electron chi connectivity index (χ3n) is 2.80. The molecule has 6 heteroatoms. The second-order valence-corrected chi connectivity index (χ2v) is 6.20. The summed E-state index contributed by atoms with van der Waals surface area (Å²) in [6.45, 7) is -0.111. The molecule has 2 aromatic carbocycles. The minimum atomic E-state index is -0.353. The Morgan fingerprint density at radius 1 is 1.10 bits per heavy atom. The molecule has 0 aliphatic rings. The average Bonchev–Trinajstić information content (AvgIpc) is 2.43. The van der Waals surface area contributed by atoms with Crippen LogP contribution in [0, 0.1) is 0 Å². The molecule has 2 N–H and O–H groups in total. The summed E-state index contributed by atoms with van der Waals surface area (Å²) in [5, 5.41) is 14.3. The van der Waals surface area contributed by atoms with Gasteiger partial charge in [0.25, 0.3) is 0 Å². The fourth-order valence-electron chi connectivity index (χ4n) is 1.80. The highest BCUT2D eigenvalue weighted by Gasteiger charge is 2.15. The molecular weight excluding hydrogens is 384 g/mol. The number of anilines is 1. The fourth-order valence-corrected chi connectivity index (χ4v) is 2.73. The predicted molar refractivity (Wildman–Crippen MR) is 89.1 cm³/mol. The molecule has 0 spiro atoms. The first-order valence-corrected chi connectivity index (χ1v) is 7.72. The van der Waals surface area contributed by atoms with Gasteiger partial charge in [-0.25, -0.2) is 0 Å². The van der Waals surface area contributed by atoms with Crippen molar-refractivity contribution in [1.82, 2.24) is 0 Å². The molecule has 0 saturated carbocycles. The van der Waals surface area contributed by atoms with Gasteiger partial charge in [0, 0.05) is 10.2 Å².